The first kappa shape index (κ1) is 17.9. The summed E-state index contributed by atoms with van der Waals surface area (Å²) in [5.41, 5.74) is 2.09. The average Bonchev–Trinajstić information content (AvgIpc) is 3.14. The zero-order valence-electron chi connectivity index (χ0n) is 14.6. The second kappa shape index (κ2) is 8.01. The molecule has 6 heteroatoms. The molecule has 1 fully saturated rings. The molecule has 1 aliphatic rings. The van der Waals surface area contributed by atoms with Gasteiger partial charge in [-0.25, -0.2) is 4.79 Å². The van der Waals surface area contributed by atoms with Crippen LogP contribution in [0, 0.1) is 0 Å². The molecule has 1 amide bonds. The largest absolute Gasteiger partial charge is 0.506 e. The highest BCUT2D eigenvalue weighted by Crippen LogP contribution is 2.33. The average molecular weight is 354 g/mol. The Morgan fingerprint density at radius 3 is 2.65 bits per heavy atom. The fourth-order valence-corrected chi connectivity index (χ4v) is 3.03. The number of aromatic hydroxyl groups is 1. The number of benzene rings is 2. The molecule has 1 atom stereocenters. The van der Waals surface area contributed by atoms with Crippen LogP contribution in [0.25, 0.3) is 11.1 Å². The number of esters is 1. The van der Waals surface area contributed by atoms with E-state index in [0.29, 0.717) is 17.9 Å². The summed E-state index contributed by atoms with van der Waals surface area (Å²) in [5.74, 6) is -0.792. The van der Waals surface area contributed by atoms with Gasteiger partial charge in [0.1, 0.15) is 17.9 Å². The normalized spacial score (nSPS) is 16.3. The van der Waals surface area contributed by atoms with Crippen LogP contribution in [0.5, 0.6) is 5.75 Å². The third-order valence-corrected chi connectivity index (χ3v) is 4.35. The first-order valence-corrected chi connectivity index (χ1v) is 8.65. The van der Waals surface area contributed by atoms with Crippen LogP contribution < -0.4 is 10.6 Å². The zero-order valence-corrected chi connectivity index (χ0v) is 14.6. The smallest absolute Gasteiger partial charge is 0.341 e. The Bertz CT molecular complexity index is 796. The lowest BCUT2D eigenvalue weighted by molar-refractivity contribution is -0.114. The lowest BCUT2D eigenvalue weighted by Crippen LogP contribution is -2.28. The molecular weight excluding hydrogens is 332 g/mol. The minimum atomic E-state index is -0.534. The van der Waals surface area contributed by atoms with E-state index in [1.807, 2.05) is 0 Å². The van der Waals surface area contributed by atoms with Gasteiger partial charge in [-0.1, -0.05) is 24.3 Å². The maximum atomic E-state index is 12.3. The number of rotatable bonds is 5. The van der Waals surface area contributed by atoms with Crippen molar-refractivity contribution in [1.82, 2.24) is 5.32 Å². The van der Waals surface area contributed by atoms with Gasteiger partial charge in [0.2, 0.25) is 5.91 Å². The van der Waals surface area contributed by atoms with Gasteiger partial charge in [-0.05, 0) is 43.1 Å². The van der Waals surface area contributed by atoms with Gasteiger partial charge in [-0.15, -0.1) is 0 Å². The van der Waals surface area contributed by atoms with E-state index in [2.05, 4.69) is 10.6 Å². The Morgan fingerprint density at radius 2 is 2.00 bits per heavy atom. The van der Waals surface area contributed by atoms with E-state index in [-0.39, 0.29) is 23.3 Å². The molecule has 3 N–H and O–H groups in total. The van der Waals surface area contributed by atoms with Crippen LogP contribution in [-0.2, 0) is 9.53 Å². The molecule has 1 aliphatic heterocycles. The van der Waals surface area contributed by atoms with Crippen LogP contribution in [0.2, 0.25) is 0 Å². The standard InChI is InChI=1S/C20H22N2O4/c1-13(23)22-15-9-7-14(8-10-15)17-5-2-6-18(19(17)24)20(25)26-12-16-4-3-11-21-16/h2,5-10,16,21,24H,3-4,11-12H2,1H3,(H,22,23). The van der Waals surface area contributed by atoms with E-state index in [1.54, 1.807) is 42.5 Å². The van der Waals surface area contributed by atoms with Crippen molar-refractivity contribution in [3.8, 4) is 16.9 Å². The van der Waals surface area contributed by atoms with Crippen molar-refractivity contribution in [2.45, 2.75) is 25.8 Å². The molecule has 1 heterocycles. The molecule has 136 valence electrons. The van der Waals surface area contributed by atoms with Crippen molar-refractivity contribution in [3.05, 3.63) is 48.0 Å². The first-order valence-electron chi connectivity index (χ1n) is 8.65. The molecule has 0 radical (unpaired) electrons. The van der Waals surface area contributed by atoms with Gasteiger partial charge in [-0.2, -0.15) is 0 Å². The maximum absolute atomic E-state index is 12.3. The highest BCUT2D eigenvalue weighted by molar-refractivity contribution is 5.95. The number of hydrogen-bond donors (Lipinski definition) is 3. The molecule has 2 aromatic carbocycles. The molecule has 0 bridgehead atoms. The lowest BCUT2D eigenvalue weighted by atomic mass is 10.0. The van der Waals surface area contributed by atoms with Crippen molar-refractivity contribution in [3.63, 3.8) is 0 Å². The summed E-state index contributed by atoms with van der Waals surface area (Å²) in [6.45, 7) is 2.68. The number of anilines is 1. The number of para-hydroxylation sites is 1. The molecule has 1 unspecified atom stereocenters. The number of nitrogens with one attached hydrogen (secondary N) is 2. The van der Waals surface area contributed by atoms with Gasteiger partial charge < -0.3 is 20.5 Å². The molecule has 0 aliphatic carbocycles. The number of hydrogen-bond acceptors (Lipinski definition) is 5. The topological polar surface area (TPSA) is 87.7 Å². The van der Waals surface area contributed by atoms with Gasteiger partial charge in [0, 0.05) is 24.2 Å². The fourth-order valence-electron chi connectivity index (χ4n) is 3.03. The van der Waals surface area contributed by atoms with Gasteiger partial charge in [0.05, 0.1) is 0 Å². The third-order valence-electron chi connectivity index (χ3n) is 4.35. The number of ether oxygens (including phenoxy) is 1. The van der Waals surface area contributed by atoms with Crippen LogP contribution in [0.1, 0.15) is 30.1 Å². The first-order chi connectivity index (χ1) is 12.5. The fraction of sp³-hybridized carbons (Fsp3) is 0.300. The second-order valence-electron chi connectivity index (χ2n) is 6.35. The van der Waals surface area contributed by atoms with Crippen LogP contribution in [0.15, 0.2) is 42.5 Å². The highest BCUT2D eigenvalue weighted by atomic mass is 16.5. The summed E-state index contributed by atoms with van der Waals surface area (Å²) in [6, 6.07) is 12.2. The van der Waals surface area contributed by atoms with E-state index < -0.39 is 5.97 Å². The van der Waals surface area contributed by atoms with Crippen LogP contribution >= 0.6 is 0 Å². The van der Waals surface area contributed by atoms with E-state index in [0.717, 1.165) is 24.9 Å². The van der Waals surface area contributed by atoms with Gasteiger partial charge >= 0.3 is 5.97 Å². The Hall–Kier alpha value is -2.86. The Morgan fingerprint density at radius 1 is 1.23 bits per heavy atom. The maximum Gasteiger partial charge on any atom is 0.341 e. The molecule has 0 spiro atoms. The predicted octanol–water partition coefficient (Wildman–Crippen LogP) is 2.93. The van der Waals surface area contributed by atoms with E-state index in [9.17, 15) is 14.7 Å². The number of carbonyl (C=O) groups is 2. The van der Waals surface area contributed by atoms with Crippen LogP contribution in [-0.4, -0.2) is 36.2 Å². The minimum Gasteiger partial charge on any atom is -0.506 e. The second-order valence-corrected chi connectivity index (χ2v) is 6.35. The third kappa shape index (κ3) is 4.21. The zero-order chi connectivity index (χ0) is 18.5. The Balaban J connectivity index is 1.75. The number of phenolic OH excluding ortho intramolecular Hbond substituents is 1. The van der Waals surface area contributed by atoms with Gasteiger partial charge in [-0.3, -0.25) is 4.79 Å². The highest BCUT2D eigenvalue weighted by Gasteiger charge is 2.20. The SMILES string of the molecule is CC(=O)Nc1ccc(-c2cccc(C(=O)OCC3CCCN3)c2O)cc1. The monoisotopic (exact) mass is 354 g/mol. The quantitative estimate of drug-likeness (QED) is 0.719. The van der Waals surface area contributed by atoms with Gasteiger partial charge in [0.25, 0.3) is 0 Å². The van der Waals surface area contributed by atoms with Crippen LogP contribution in [0.4, 0.5) is 5.69 Å². The molecular formula is C20H22N2O4. The number of carbonyl (C=O) groups excluding carboxylic acids is 2. The van der Waals surface area contributed by atoms with Gasteiger partial charge in [0.15, 0.2) is 0 Å². The summed E-state index contributed by atoms with van der Waals surface area (Å²) in [5, 5.41) is 16.5. The van der Waals surface area contributed by atoms with Crippen molar-refractivity contribution >= 4 is 17.6 Å². The van der Waals surface area contributed by atoms with Crippen molar-refractivity contribution in [2.24, 2.45) is 0 Å². The Kier molecular flexibility index (Phi) is 5.53. The molecule has 3 rings (SSSR count). The lowest BCUT2D eigenvalue weighted by Gasteiger charge is -2.13. The van der Waals surface area contributed by atoms with E-state index >= 15 is 0 Å². The molecule has 0 saturated carbocycles. The summed E-state index contributed by atoms with van der Waals surface area (Å²) < 4.78 is 5.34. The van der Waals surface area contributed by atoms with E-state index in [4.69, 9.17) is 4.74 Å². The summed E-state index contributed by atoms with van der Waals surface area (Å²) in [6.07, 6.45) is 2.07. The predicted molar refractivity (Wildman–Crippen MR) is 99.2 cm³/mol. The molecule has 2 aromatic rings. The number of phenols is 1. The summed E-state index contributed by atoms with van der Waals surface area (Å²) in [4.78, 5) is 23.4. The van der Waals surface area contributed by atoms with Crippen molar-refractivity contribution in [1.29, 1.82) is 0 Å². The molecule has 26 heavy (non-hydrogen) atoms. The molecule has 1 saturated heterocycles. The Labute approximate surface area is 152 Å². The molecule has 6 nitrogen and oxygen atoms in total. The van der Waals surface area contributed by atoms with Crippen molar-refractivity contribution in [2.75, 3.05) is 18.5 Å². The van der Waals surface area contributed by atoms with Crippen molar-refractivity contribution < 1.29 is 19.4 Å². The minimum absolute atomic E-state index is 0.107. The van der Waals surface area contributed by atoms with Crippen LogP contribution in [0.3, 0.4) is 0 Å². The molecule has 0 aromatic heterocycles. The summed E-state index contributed by atoms with van der Waals surface area (Å²) >= 11 is 0. The summed E-state index contributed by atoms with van der Waals surface area (Å²) in [7, 11) is 0. The van der Waals surface area contributed by atoms with E-state index in [1.165, 1.54) is 6.92 Å². The number of amides is 1.